The first-order valence-electron chi connectivity index (χ1n) is 10.3. The highest BCUT2D eigenvalue weighted by molar-refractivity contribution is 5.82. The van der Waals surface area contributed by atoms with Gasteiger partial charge in [0.15, 0.2) is 0 Å². The topological polar surface area (TPSA) is 33.6 Å². The van der Waals surface area contributed by atoms with E-state index in [1.807, 2.05) is 0 Å². The lowest BCUT2D eigenvalue weighted by Crippen LogP contribution is -2.22. The molecular weight excluding hydrogens is 284 g/mol. The number of unbranched alkanes of at least 4 members (excludes halogenated alkanes) is 8. The van der Waals surface area contributed by atoms with Crippen molar-refractivity contribution < 1.29 is 4.74 Å². The first-order valence-corrected chi connectivity index (χ1v) is 10.3. The lowest BCUT2D eigenvalue weighted by Gasteiger charge is -2.05. The summed E-state index contributed by atoms with van der Waals surface area (Å²) in [6.45, 7) is 6.29. The Morgan fingerprint density at radius 3 is 2.30 bits per heavy atom. The fourth-order valence-corrected chi connectivity index (χ4v) is 2.99. The monoisotopic (exact) mass is 324 g/mol. The van der Waals surface area contributed by atoms with Crippen molar-refractivity contribution in [3.8, 4) is 0 Å². The van der Waals surface area contributed by atoms with Gasteiger partial charge in [-0.15, -0.1) is 0 Å². The summed E-state index contributed by atoms with van der Waals surface area (Å²) in [7, 11) is 0. The molecule has 0 bridgehead atoms. The van der Waals surface area contributed by atoms with Crippen molar-refractivity contribution >= 4 is 5.84 Å². The van der Waals surface area contributed by atoms with Gasteiger partial charge in [0, 0.05) is 32.7 Å². The minimum atomic E-state index is 0.955. The molecule has 0 spiro atoms. The Bertz CT molecular complexity index is 269. The molecule has 23 heavy (non-hydrogen) atoms. The second-order valence-corrected chi connectivity index (χ2v) is 6.86. The van der Waals surface area contributed by atoms with Gasteiger partial charge in [-0.1, -0.05) is 58.3 Å². The minimum Gasteiger partial charge on any atom is -0.381 e. The van der Waals surface area contributed by atoms with E-state index in [0.29, 0.717) is 0 Å². The largest absolute Gasteiger partial charge is 0.381 e. The number of hydrogen-bond donors (Lipinski definition) is 1. The van der Waals surface area contributed by atoms with Gasteiger partial charge >= 0.3 is 0 Å². The summed E-state index contributed by atoms with van der Waals surface area (Å²) in [5.74, 6) is 1.27. The van der Waals surface area contributed by atoms with E-state index in [1.165, 1.54) is 95.7 Å². The molecular formula is C20H40N2O. The van der Waals surface area contributed by atoms with Crippen LogP contribution in [0.5, 0.6) is 0 Å². The maximum Gasteiger partial charge on any atom is 0.0963 e. The van der Waals surface area contributed by atoms with Crippen LogP contribution in [-0.4, -0.2) is 32.1 Å². The molecule has 136 valence electrons. The van der Waals surface area contributed by atoms with Gasteiger partial charge in [0.25, 0.3) is 0 Å². The molecule has 0 aromatic carbocycles. The van der Waals surface area contributed by atoms with Crippen LogP contribution in [0.15, 0.2) is 4.99 Å². The van der Waals surface area contributed by atoms with Crippen molar-refractivity contribution in [2.75, 3.05) is 26.3 Å². The molecule has 1 fully saturated rings. The van der Waals surface area contributed by atoms with Crippen molar-refractivity contribution in [1.29, 1.82) is 0 Å². The van der Waals surface area contributed by atoms with Crippen LogP contribution in [0, 0.1) is 0 Å². The van der Waals surface area contributed by atoms with E-state index in [1.54, 1.807) is 0 Å². The summed E-state index contributed by atoms with van der Waals surface area (Å²) in [5.41, 5.74) is 0. The van der Waals surface area contributed by atoms with Gasteiger partial charge in [0.1, 0.15) is 0 Å². The summed E-state index contributed by atoms with van der Waals surface area (Å²) < 4.78 is 5.59. The van der Waals surface area contributed by atoms with Gasteiger partial charge in [-0.05, 0) is 32.1 Å². The number of aliphatic imine (C=N–C) groups is 1. The molecule has 0 amide bonds. The number of amidine groups is 1. The molecule has 1 aliphatic heterocycles. The van der Waals surface area contributed by atoms with E-state index in [2.05, 4.69) is 12.2 Å². The van der Waals surface area contributed by atoms with E-state index in [-0.39, 0.29) is 0 Å². The van der Waals surface area contributed by atoms with E-state index in [4.69, 9.17) is 9.73 Å². The maximum absolute atomic E-state index is 5.59. The highest BCUT2D eigenvalue weighted by atomic mass is 16.5. The predicted molar refractivity (Wildman–Crippen MR) is 101 cm³/mol. The normalized spacial score (nSPS) is 17.2. The molecule has 0 atom stereocenters. The predicted octanol–water partition coefficient (Wildman–Crippen LogP) is 5.49. The van der Waals surface area contributed by atoms with E-state index < -0.39 is 0 Å². The number of ether oxygens (including phenoxy) is 1. The van der Waals surface area contributed by atoms with Gasteiger partial charge in [0.05, 0.1) is 5.84 Å². The molecule has 1 heterocycles. The fourth-order valence-electron chi connectivity index (χ4n) is 2.99. The summed E-state index contributed by atoms with van der Waals surface area (Å²) in [4.78, 5) is 4.72. The Morgan fingerprint density at radius 1 is 0.826 bits per heavy atom. The molecule has 3 heteroatoms. The average molecular weight is 325 g/mol. The van der Waals surface area contributed by atoms with E-state index in [0.717, 1.165) is 26.3 Å². The van der Waals surface area contributed by atoms with Crippen LogP contribution in [-0.2, 0) is 4.74 Å². The molecule has 0 aromatic heterocycles. The molecule has 0 aromatic rings. The van der Waals surface area contributed by atoms with Gasteiger partial charge < -0.3 is 10.1 Å². The Kier molecular flexibility index (Phi) is 14.5. The third-order valence-corrected chi connectivity index (χ3v) is 4.56. The summed E-state index contributed by atoms with van der Waals surface area (Å²) >= 11 is 0. The smallest absolute Gasteiger partial charge is 0.0963 e. The lowest BCUT2D eigenvalue weighted by molar-refractivity contribution is 0.127. The summed E-state index contributed by atoms with van der Waals surface area (Å²) in [5, 5.41) is 3.47. The molecule has 0 unspecified atom stereocenters. The molecule has 0 aliphatic carbocycles. The van der Waals surface area contributed by atoms with Gasteiger partial charge in [0.2, 0.25) is 0 Å². The van der Waals surface area contributed by atoms with Gasteiger partial charge in [-0.3, -0.25) is 4.99 Å². The average Bonchev–Trinajstić information content (AvgIpc) is 2.84. The number of hydrogen-bond acceptors (Lipinski definition) is 2. The van der Waals surface area contributed by atoms with Crippen LogP contribution in [0.4, 0.5) is 0 Å². The Hall–Kier alpha value is -0.570. The van der Waals surface area contributed by atoms with Crippen LogP contribution >= 0.6 is 0 Å². The van der Waals surface area contributed by atoms with E-state index in [9.17, 15) is 0 Å². The highest BCUT2D eigenvalue weighted by Crippen LogP contribution is 2.09. The third kappa shape index (κ3) is 13.6. The van der Waals surface area contributed by atoms with E-state index >= 15 is 0 Å². The highest BCUT2D eigenvalue weighted by Gasteiger charge is 2.03. The molecule has 1 N–H and O–H groups in total. The second-order valence-electron chi connectivity index (χ2n) is 6.86. The minimum absolute atomic E-state index is 0.955. The molecule has 3 nitrogen and oxygen atoms in total. The standard InChI is InChI=1S/C20H40N2O/c1-2-3-18-23-19-14-9-7-5-4-6-8-12-16-21-20-15-11-10-13-17-22-20/h2-19H2,1H3,(H,21,22). The SMILES string of the molecule is CCCCOCCCCCCCCCCN=C1CCCCCN1. The molecule has 0 saturated carbocycles. The molecule has 0 radical (unpaired) electrons. The van der Waals surface area contributed by atoms with Crippen molar-refractivity contribution in [2.45, 2.75) is 96.8 Å². The summed E-state index contributed by atoms with van der Waals surface area (Å²) in [6.07, 6.45) is 18.3. The Balaban J connectivity index is 1.77. The first-order chi connectivity index (χ1) is 11.4. The Morgan fingerprint density at radius 2 is 1.52 bits per heavy atom. The van der Waals surface area contributed by atoms with Crippen molar-refractivity contribution in [3.05, 3.63) is 0 Å². The zero-order valence-corrected chi connectivity index (χ0v) is 15.6. The zero-order chi connectivity index (χ0) is 16.4. The van der Waals surface area contributed by atoms with Crippen molar-refractivity contribution in [1.82, 2.24) is 5.32 Å². The molecule has 1 saturated heterocycles. The van der Waals surface area contributed by atoms with Crippen LogP contribution in [0.1, 0.15) is 96.8 Å². The maximum atomic E-state index is 5.59. The fraction of sp³-hybridized carbons (Fsp3) is 0.950. The van der Waals surface area contributed by atoms with Crippen molar-refractivity contribution in [3.63, 3.8) is 0 Å². The van der Waals surface area contributed by atoms with Crippen LogP contribution in [0.3, 0.4) is 0 Å². The number of rotatable bonds is 14. The second kappa shape index (κ2) is 16.3. The van der Waals surface area contributed by atoms with Gasteiger partial charge in [-0.2, -0.15) is 0 Å². The third-order valence-electron chi connectivity index (χ3n) is 4.56. The lowest BCUT2D eigenvalue weighted by atomic mass is 10.1. The van der Waals surface area contributed by atoms with Gasteiger partial charge in [-0.25, -0.2) is 0 Å². The summed E-state index contributed by atoms with van der Waals surface area (Å²) in [6, 6.07) is 0. The first kappa shape index (κ1) is 20.5. The molecule has 1 aliphatic rings. The van der Waals surface area contributed by atoms with Crippen LogP contribution in [0.25, 0.3) is 0 Å². The van der Waals surface area contributed by atoms with Crippen LogP contribution in [0.2, 0.25) is 0 Å². The van der Waals surface area contributed by atoms with Crippen LogP contribution < -0.4 is 5.32 Å². The molecule has 1 rings (SSSR count). The quantitative estimate of drug-likeness (QED) is 0.429. The zero-order valence-electron chi connectivity index (χ0n) is 15.6. The van der Waals surface area contributed by atoms with Crippen molar-refractivity contribution in [2.24, 2.45) is 4.99 Å². The number of nitrogens with zero attached hydrogens (tertiary/aromatic N) is 1. The Labute approximate surface area is 144 Å². The number of nitrogens with one attached hydrogen (secondary N) is 1.